The molecule has 0 aliphatic heterocycles. The predicted octanol–water partition coefficient (Wildman–Crippen LogP) is 3.23. The summed E-state index contributed by atoms with van der Waals surface area (Å²) in [5.41, 5.74) is 3.49. The maximum atomic E-state index is 12.0. The molecule has 0 radical (unpaired) electrons. The van der Waals surface area contributed by atoms with E-state index in [4.69, 9.17) is 4.84 Å². The van der Waals surface area contributed by atoms with E-state index in [-0.39, 0.29) is 18.6 Å². The van der Waals surface area contributed by atoms with Crippen molar-refractivity contribution in [2.75, 3.05) is 6.61 Å². The Hall–Kier alpha value is -2.62. The van der Waals surface area contributed by atoms with Crippen LogP contribution in [0.4, 0.5) is 0 Å². The molecule has 0 aromatic heterocycles. The molecule has 0 fully saturated rings. The summed E-state index contributed by atoms with van der Waals surface area (Å²) in [6.07, 6.45) is 4.74. The van der Waals surface area contributed by atoms with Gasteiger partial charge in [-0.1, -0.05) is 59.8 Å². The summed E-state index contributed by atoms with van der Waals surface area (Å²) >= 11 is 0. The molecule has 0 saturated carbocycles. The Morgan fingerprint density at radius 1 is 1.17 bits per heavy atom. The lowest BCUT2D eigenvalue weighted by atomic mass is 9.88. The van der Waals surface area contributed by atoms with Gasteiger partial charge in [0.05, 0.1) is 12.3 Å². The topological polar surface area (TPSA) is 50.7 Å². The number of carbonyl (C=O) groups excluding carboxylic acids is 1. The number of nitrogens with one attached hydrogen (secondary N) is 1. The number of hydrogen-bond acceptors (Lipinski definition) is 3. The number of amides is 1. The van der Waals surface area contributed by atoms with E-state index in [9.17, 15) is 4.79 Å². The van der Waals surface area contributed by atoms with Crippen LogP contribution < -0.4 is 5.32 Å². The standard InChI is InChI=1S/C19H20N2O2/c22-19(14-23-20-13-15-7-2-1-3-8-15)21-18-12-6-10-16-9-4-5-11-17(16)18/h1-5,7-9,11,13,18H,6,10,12,14H2,(H,21,22)/b20-13-/t18-/m0/s1. The zero-order chi connectivity index (χ0) is 15.9. The molecule has 2 aromatic carbocycles. The second-order valence-corrected chi connectivity index (χ2v) is 5.63. The zero-order valence-corrected chi connectivity index (χ0v) is 12.9. The maximum Gasteiger partial charge on any atom is 0.261 e. The molecule has 2 aromatic rings. The van der Waals surface area contributed by atoms with Gasteiger partial charge in [0, 0.05) is 0 Å². The summed E-state index contributed by atoms with van der Waals surface area (Å²) in [5, 5.41) is 6.87. The summed E-state index contributed by atoms with van der Waals surface area (Å²) in [6.45, 7) is -0.0675. The van der Waals surface area contributed by atoms with Crippen LogP contribution in [0.5, 0.6) is 0 Å². The molecular weight excluding hydrogens is 288 g/mol. The number of hydrogen-bond donors (Lipinski definition) is 1. The van der Waals surface area contributed by atoms with Crippen molar-refractivity contribution in [1.29, 1.82) is 0 Å². The molecule has 4 nitrogen and oxygen atoms in total. The molecule has 0 spiro atoms. The molecule has 1 N–H and O–H groups in total. The van der Waals surface area contributed by atoms with Crippen LogP contribution in [-0.4, -0.2) is 18.7 Å². The minimum Gasteiger partial charge on any atom is -0.386 e. The minimum absolute atomic E-state index is 0.0675. The Labute approximate surface area is 136 Å². The van der Waals surface area contributed by atoms with E-state index in [0.29, 0.717) is 0 Å². The highest BCUT2D eigenvalue weighted by atomic mass is 16.6. The van der Waals surface area contributed by atoms with E-state index in [1.165, 1.54) is 11.1 Å². The number of carbonyl (C=O) groups is 1. The van der Waals surface area contributed by atoms with Crippen molar-refractivity contribution in [2.24, 2.45) is 5.16 Å². The van der Waals surface area contributed by atoms with Gasteiger partial charge < -0.3 is 10.2 Å². The summed E-state index contributed by atoms with van der Waals surface area (Å²) in [4.78, 5) is 17.1. The number of fused-ring (bicyclic) bond motifs is 1. The lowest BCUT2D eigenvalue weighted by Gasteiger charge is -2.26. The Balaban J connectivity index is 1.50. The highest BCUT2D eigenvalue weighted by Crippen LogP contribution is 2.29. The van der Waals surface area contributed by atoms with Crippen LogP contribution in [0.1, 0.15) is 35.6 Å². The van der Waals surface area contributed by atoms with Gasteiger partial charge in [-0.15, -0.1) is 0 Å². The molecule has 4 heteroatoms. The largest absolute Gasteiger partial charge is 0.386 e. The average Bonchev–Trinajstić information content (AvgIpc) is 2.60. The summed E-state index contributed by atoms with van der Waals surface area (Å²) < 4.78 is 0. The molecule has 118 valence electrons. The van der Waals surface area contributed by atoms with Crippen molar-refractivity contribution in [3.63, 3.8) is 0 Å². The molecule has 0 bridgehead atoms. The third-order valence-corrected chi connectivity index (χ3v) is 3.98. The van der Waals surface area contributed by atoms with Crippen LogP contribution >= 0.6 is 0 Å². The maximum absolute atomic E-state index is 12.0. The fourth-order valence-electron chi connectivity index (χ4n) is 2.87. The Morgan fingerprint density at radius 3 is 2.83 bits per heavy atom. The Bertz CT molecular complexity index is 683. The Kier molecular flexibility index (Phi) is 5.04. The molecule has 1 atom stereocenters. The quantitative estimate of drug-likeness (QED) is 0.681. The van der Waals surface area contributed by atoms with Gasteiger partial charge in [0.15, 0.2) is 6.61 Å². The second kappa shape index (κ2) is 7.58. The van der Waals surface area contributed by atoms with Crippen molar-refractivity contribution in [1.82, 2.24) is 5.32 Å². The fraction of sp³-hybridized carbons (Fsp3) is 0.263. The molecule has 1 aliphatic rings. The second-order valence-electron chi connectivity index (χ2n) is 5.63. The van der Waals surface area contributed by atoms with Crippen LogP contribution in [0.3, 0.4) is 0 Å². The Morgan fingerprint density at radius 2 is 1.96 bits per heavy atom. The summed E-state index contributed by atoms with van der Waals surface area (Å²) in [7, 11) is 0. The van der Waals surface area contributed by atoms with Crippen molar-refractivity contribution in [3.05, 3.63) is 71.3 Å². The van der Waals surface area contributed by atoms with Crippen molar-refractivity contribution >= 4 is 12.1 Å². The van der Waals surface area contributed by atoms with Crippen molar-refractivity contribution in [2.45, 2.75) is 25.3 Å². The predicted molar refractivity (Wildman–Crippen MR) is 90.3 cm³/mol. The lowest BCUT2D eigenvalue weighted by Crippen LogP contribution is -2.33. The first-order valence-corrected chi connectivity index (χ1v) is 7.90. The monoisotopic (exact) mass is 308 g/mol. The van der Waals surface area contributed by atoms with E-state index in [1.807, 2.05) is 42.5 Å². The van der Waals surface area contributed by atoms with Gasteiger partial charge in [-0.05, 0) is 36.0 Å². The van der Waals surface area contributed by atoms with E-state index in [2.05, 4.69) is 22.6 Å². The van der Waals surface area contributed by atoms with Crippen molar-refractivity contribution in [3.8, 4) is 0 Å². The van der Waals surface area contributed by atoms with Gasteiger partial charge in [-0.25, -0.2) is 0 Å². The molecule has 23 heavy (non-hydrogen) atoms. The normalized spacial score (nSPS) is 16.8. The highest BCUT2D eigenvalue weighted by molar-refractivity contribution is 5.79. The van der Waals surface area contributed by atoms with Crippen LogP contribution in [0.25, 0.3) is 0 Å². The lowest BCUT2D eigenvalue weighted by molar-refractivity contribution is -0.126. The zero-order valence-electron chi connectivity index (χ0n) is 12.9. The fourth-order valence-corrected chi connectivity index (χ4v) is 2.87. The number of oxime groups is 1. The first-order chi connectivity index (χ1) is 11.3. The SMILES string of the molecule is O=C(CO/N=C\c1ccccc1)N[C@H]1CCCc2ccccc21. The number of rotatable bonds is 5. The molecule has 0 unspecified atom stereocenters. The van der Waals surface area contributed by atoms with Gasteiger partial charge in [-0.2, -0.15) is 0 Å². The minimum atomic E-state index is -0.142. The summed E-state index contributed by atoms with van der Waals surface area (Å²) in [6, 6.07) is 18.0. The molecule has 1 aliphatic carbocycles. The molecule has 0 heterocycles. The summed E-state index contributed by atoms with van der Waals surface area (Å²) in [5.74, 6) is -0.142. The van der Waals surface area contributed by atoms with Crippen LogP contribution in [-0.2, 0) is 16.1 Å². The first kappa shape index (κ1) is 15.3. The van der Waals surface area contributed by atoms with Crippen LogP contribution in [0.2, 0.25) is 0 Å². The average molecular weight is 308 g/mol. The van der Waals surface area contributed by atoms with Gasteiger partial charge in [0.2, 0.25) is 0 Å². The molecular formula is C19H20N2O2. The van der Waals surface area contributed by atoms with E-state index in [1.54, 1.807) is 6.21 Å². The van der Waals surface area contributed by atoms with E-state index in [0.717, 1.165) is 24.8 Å². The van der Waals surface area contributed by atoms with Gasteiger partial charge in [-0.3, -0.25) is 4.79 Å². The number of benzene rings is 2. The molecule has 3 rings (SSSR count). The van der Waals surface area contributed by atoms with Crippen molar-refractivity contribution < 1.29 is 9.63 Å². The van der Waals surface area contributed by atoms with Gasteiger partial charge in [0.25, 0.3) is 5.91 Å². The number of nitrogens with zero attached hydrogens (tertiary/aromatic N) is 1. The van der Waals surface area contributed by atoms with E-state index >= 15 is 0 Å². The third kappa shape index (κ3) is 4.19. The molecule has 1 amide bonds. The highest BCUT2D eigenvalue weighted by Gasteiger charge is 2.21. The van der Waals surface area contributed by atoms with E-state index < -0.39 is 0 Å². The number of aryl methyl sites for hydroxylation is 1. The smallest absolute Gasteiger partial charge is 0.261 e. The molecule has 0 saturated heterocycles. The van der Waals surface area contributed by atoms with Gasteiger partial charge in [0.1, 0.15) is 0 Å². The van der Waals surface area contributed by atoms with Crippen LogP contribution in [0, 0.1) is 0 Å². The van der Waals surface area contributed by atoms with Gasteiger partial charge >= 0.3 is 0 Å². The third-order valence-electron chi connectivity index (χ3n) is 3.98. The first-order valence-electron chi connectivity index (χ1n) is 7.90. The van der Waals surface area contributed by atoms with Crippen LogP contribution in [0.15, 0.2) is 59.8 Å².